The van der Waals surface area contributed by atoms with Crippen LogP contribution in [0.25, 0.3) is 6.08 Å². The average molecular weight is 441 g/mol. The molecule has 1 aliphatic heterocycles. The summed E-state index contributed by atoms with van der Waals surface area (Å²) >= 11 is 0. The predicted molar refractivity (Wildman–Crippen MR) is 131 cm³/mol. The minimum Gasteiger partial charge on any atom is -0.449 e. The number of para-hydroxylation sites is 2. The Morgan fingerprint density at radius 1 is 1.00 bits per heavy atom. The lowest BCUT2D eigenvalue weighted by atomic mass is 10.1. The highest BCUT2D eigenvalue weighted by atomic mass is 16.5. The van der Waals surface area contributed by atoms with Gasteiger partial charge in [-0.25, -0.2) is 0 Å². The highest BCUT2D eigenvalue weighted by Crippen LogP contribution is 2.36. The third-order valence-electron chi connectivity index (χ3n) is 5.58. The number of rotatable bonds is 7. The second-order valence-corrected chi connectivity index (χ2v) is 8.19. The van der Waals surface area contributed by atoms with Crippen molar-refractivity contribution >= 4 is 23.6 Å². The van der Waals surface area contributed by atoms with Gasteiger partial charge in [-0.3, -0.25) is 14.5 Å². The van der Waals surface area contributed by atoms with E-state index in [2.05, 4.69) is 12.2 Å². The zero-order valence-corrected chi connectivity index (χ0v) is 19.0. The topological polar surface area (TPSA) is 58.6 Å². The van der Waals surface area contributed by atoms with Crippen molar-refractivity contribution in [1.29, 1.82) is 0 Å². The summed E-state index contributed by atoms with van der Waals surface area (Å²) in [4.78, 5) is 27.3. The van der Waals surface area contributed by atoms with Crippen LogP contribution in [0.4, 0.5) is 5.69 Å². The number of aryl methyl sites for hydroxylation is 1. The van der Waals surface area contributed by atoms with E-state index in [0.29, 0.717) is 24.4 Å². The van der Waals surface area contributed by atoms with Crippen LogP contribution in [0.15, 0.2) is 78.6 Å². The molecular weight excluding hydrogens is 412 g/mol. The molecule has 5 nitrogen and oxygen atoms in total. The molecular formula is C28H28N2O3. The summed E-state index contributed by atoms with van der Waals surface area (Å²) in [5, 5.41) is 2.91. The van der Waals surface area contributed by atoms with Crippen molar-refractivity contribution in [3.05, 3.63) is 101 Å². The molecule has 0 aliphatic carbocycles. The molecule has 0 atom stereocenters. The van der Waals surface area contributed by atoms with Crippen molar-refractivity contribution < 1.29 is 14.3 Å². The molecule has 1 heterocycles. The van der Waals surface area contributed by atoms with Gasteiger partial charge in [0.25, 0.3) is 11.8 Å². The average Bonchev–Trinajstić information content (AvgIpc) is 2.83. The summed E-state index contributed by atoms with van der Waals surface area (Å²) in [5.74, 6) is 0.602. The van der Waals surface area contributed by atoms with Gasteiger partial charge in [-0.05, 0) is 54.8 Å². The van der Waals surface area contributed by atoms with E-state index in [1.54, 1.807) is 23.1 Å². The molecule has 0 bridgehead atoms. The number of carbonyl (C=O) groups excluding carboxylic acids is 2. The van der Waals surface area contributed by atoms with E-state index in [-0.39, 0.29) is 17.6 Å². The normalized spacial score (nSPS) is 14.1. The van der Waals surface area contributed by atoms with Crippen molar-refractivity contribution in [3.63, 3.8) is 0 Å². The zero-order chi connectivity index (χ0) is 23.2. The number of nitrogens with one attached hydrogen (secondary N) is 1. The molecule has 0 spiro atoms. The van der Waals surface area contributed by atoms with Gasteiger partial charge in [-0.2, -0.15) is 0 Å². The lowest BCUT2D eigenvalue weighted by molar-refractivity contribution is -0.117. The summed E-state index contributed by atoms with van der Waals surface area (Å²) < 4.78 is 5.97. The lowest BCUT2D eigenvalue weighted by Crippen LogP contribution is -2.36. The van der Waals surface area contributed by atoms with Crippen LogP contribution in [0.5, 0.6) is 5.75 Å². The molecule has 0 aromatic heterocycles. The Balaban J connectivity index is 1.57. The van der Waals surface area contributed by atoms with Gasteiger partial charge in [0.1, 0.15) is 0 Å². The molecule has 168 valence electrons. The first-order valence-electron chi connectivity index (χ1n) is 11.3. The second-order valence-electron chi connectivity index (χ2n) is 8.19. The third kappa shape index (κ3) is 5.32. The lowest BCUT2D eigenvalue weighted by Gasteiger charge is -2.30. The molecule has 1 aliphatic rings. The van der Waals surface area contributed by atoms with Crippen molar-refractivity contribution in [2.24, 2.45) is 0 Å². The van der Waals surface area contributed by atoms with Crippen LogP contribution in [0.3, 0.4) is 0 Å². The maximum atomic E-state index is 13.4. The molecule has 0 fully saturated rings. The minimum atomic E-state index is -0.198. The number of anilines is 1. The molecule has 0 radical (unpaired) electrons. The van der Waals surface area contributed by atoms with Crippen LogP contribution in [0.1, 0.15) is 46.8 Å². The number of hydrogen-bond donors (Lipinski definition) is 1. The smallest absolute Gasteiger partial charge is 0.294 e. The summed E-state index contributed by atoms with van der Waals surface area (Å²) in [6.07, 6.45) is 3.71. The second kappa shape index (κ2) is 10.2. The van der Waals surface area contributed by atoms with Crippen molar-refractivity contribution in [2.45, 2.75) is 33.2 Å². The highest BCUT2D eigenvalue weighted by molar-refractivity contribution is 6.09. The molecule has 33 heavy (non-hydrogen) atoms. The summed E-state index contributed by atoms with van der Waals surface area (Å²) in [7, 11) is 0. The summed E-state index contributed by atoms with van der Waals surface area (Å²) in [5.41, 5.74) is 4.35. The van der Waals surface area contributed by atoms with Crippen LogP contribution < -0.4 is 15.0 Å². The number of fused-ring (bicyclic) bond motifs is 1. The van der Waals surface area contributed by atoms with Crippen LogP contribution in [-0.4, -0.2) is 18.4 Å². The Hall–Kier alpha value is -3.86. The maximum absolute atomic E-state index is 13.4. The van der Waals surface area contributed by atoms with E-state index < -0.39 is 0 Å². The maximum Gasteiger partial charge on any atom is 0.294 e. The molecule has 3 aromatic rings. The Labute approximate surface area is 194 Å². The fourth-order valence-corrected chi connectivity index (χ4v) is 3.66. The number of ether oxygens (including phenoxy) is 1. The molecule has 5 heteroatoms. The van der Waals surface area contributed by atoms with Crippen LogP contribution in [-0.2, 0) is 11.3 Å². The van der Waals surface area contributed by atoms with E-state index in [1.807, 2.05) is 67.6 Å². The molecule has 4 rings (SSSR count). The Morgan fingerprint density at radius 2 is 1.73 bits per heavy atom. The molecule has 0 saturated heterocycles. The van der Waals surface area contributed by atoms with Crippen molar-refractivity contribution in [1.82, 2.24) is 5.32 Å². The molecule has 1 N–H and O–H groups in total. The fourth-order valence-electron chi connectivity index (χ4n) is 3.66. The predicted octanol–water partition coefficient (Wildman–Crippen LogP) is 5.49. The van der Waals surface area contributed by atoms with Gasteiger partial charge in [0.15, 0.2) is 11.5 Å². The zero-order valence-electron chi connectivity index (χ0n) is 19.0. The number of hydrogen-bond acceptors (Lipinski definition) is 3. The van der Waals surface area contributed by atoms with Crippen LogP contribution >= 0.6 is 0 Å². The van der Waals surface area contributed by atoms with E-state index >= 15 is 0 Å². The van der Waals surface area contributed by atoms with Crippen LogP contribution in [0, 0.1) is 6.92 Å². The Kier molecular flexibility index (Phi) is 6.89. The van der Waals surface area contributed by atoms with E-state index in [1.165, 1.54) is 5.56 Å². The van der Waals surface area contributed by atoms with Gasteiger partial charge in [0.2, 0.25) is 0 Å². The minimum absolute atomic E-state index is 0.0918. The molecule has 2 amide bonds. The standard InChI is InChI=1S/C28H28N2O3/c1-3-4-17-29-27(31)23-15-13-21(14-16-23)18-26-28(32)30(19-22-11-9-20(2)10-12-22)24-7-5-6-8-25(24)33-26/h5-16,18H,3-4,17,19H2,1-2H3,(H,29,31). The first kappa shape index (κ1) is 22.3. The third-order valence-corrected chi connectivity index (χ3v) is 5.58. The van der Waals surface area contributed by atoms with E-state index in [4.69, 9.17) is 4.74 Å². The number of unbranched alkanes of at least 4 members (excludes halogenated alkanes) is 1. The monoisotopic (exact) mass is 440 g/mol. The first-order valence-corrected chi connectivity index (χ1v) is 11.3. The van der Waals surface area contributed by atoms with Crippen molar-refractivity contribution in [3.8, 4) is 5.75 Å². The number of amides is 2. The van der Waals surface area contributed by atoms with Crippen molar-refractivity contribution in [2.75, 3.05) is 11.4 Å². The van der Waals surface area contributed by atoms with E-state index in [0.717, 1.165) is 29.7 Å². The van der Waals surface area contributed by atoms with E-state index in [9.17, 15) is 9.59 Å². The van der Waals surface area contributed by atoms with Gasteiger partial charge in [0.05, 0.1) is 12.2 Å². The quantitative estimate of drug-likeness (QED) is 0.390. The number of benzene rings is 3. The molecule has 0 unspecified atom stereocenters. The SMILES string of the molecule is CCCCNC(=O)c1ccc(C=C2Oc3ccccc3N(Cc3ccc(C)cc3)C2=O)cc1. The van der Waals surface area contributed by atoms with Crippen LogP contribution in [0.2, 0.25) is 0 Å². The summed E-state index contributed by atoms with van der Waals surface area (Å²) in [6, 6.07) is 22.9. The largest absolute Gasteiger partial charge is 0.449 e. The Bertz CT molecular complexity index is 1160. The van der Waals surface area contributed by atoms with Gasteiger partial charge >= 0.3 is 0 Å². The fraction of sp³-hybridized carbons (Fsp3) is 0.214. The van der Waals surface area contributed by atoms with Gasteiger partial charge in [0, 0.05) is 12.1 Å². The molecule has 3 aromatic carbocycles. The number of nitrogens with zero attached hydrogens (tertiary/aromatic N) is 1. The highest BCUT2D eigenvalue weighted by Gasteiger charge is 2.30. The van der Waals surface area contributed by atoms with Gasteiger partial charge in [-0.1, -0.05) is 67.4 Å². The summed E-state index contributed by atoms with van der Waals surface area (Å²) in [6.45, 7) is 5.25. The molecule has 0 saturated carbocycles. The van der Waals surface area contributed by atoms with Gasteiger partial charge in [-0.15, -0.1) is 0 Å². The number of carbonyl (C=O) groups is 2. The Morgan fingerprint density at radius 3 is 2.45 bits per heavy atom. The van der Waals surface area contributed by atoms with Gasteiger partial charge < -0.3 is 10.1 Å². The first-order chi connectivity index (χ1) is 16.0.